The molecule has 1 saturated heterocycles. The Hall–Kier alpha value is -2.99. The van der Waals surface area contributed by atoms with Crippen molar-refractivity contribution in [3.8, 4) is 11.3 Å². The van der Waals surface area contributed by atoms with Crippen molar-refractivity contribution in [1.29, 1.82) is 0 Å². The standard InChI is InChI=1S/C24H28N4O2/c1-17(2)16-28-21-7-5-4-6-20(21)25-22(24(28)30)18-8-10-19(11-9-18)23(29)27-14-12-26(3)13-15-27/h4-11,17H,12-16H2,1-3H3. The average Bonchev–Trinajstić information content (AvgIpc) is 2.75. The van der Waals surface area contributed by atoms with Crippen molar-refractivity contribution in [2.75, 3.05) is 33.2 Å². The Morgan fingerprint density at radius 2 is 1.67 bits per heavy atom. The Kier molecular flexibility index (Phi) is 5.68. The number of rotatable bonds is 4. The van der Waals surface area contributed by atoms with E-state index in [2.05, 4.69) is 30.8 Å². The first-order valence-corrected chi connectivity index (χ1v) is 10.5. The van der Waals surface area contributed by atoms with Crippen LogP contribution in [0, 0.1) is 5.92 Å². The minimum absolute atomic E-state index is 0.0401. The summed E-state index contributed by atoms with van der Waals surface area (Å²) in [5, 5.41) is 0. The van der Waals surface area contributed by atoms with Gasteiger partial charge in [-0.3, -0.25) is 9.59 Å². The summed E-state index contributed by atoms with van der Waals surface area (Å²) < 4.78 is 1.81. The fraction of sp³-hybridized carbons (Fsp3) is 0.375. The normalized spacial score (nSPS) is 15.1. The second kappa shape index (κ2) is 8.40. The van der Waals surface area contributed by atoms with Crippen LogP contribution in [0.1, 0.15) is 24.2 Å². The van der Waals surface area contributed by atoms with E-state index in [1.54, 1.807) is 12.1 Å². The summed E-state index contributed by atoms with van der Waals surface area (Å²) in [5.74, 6) is 0.378. The number of nitrogens with zero attached hydrogens (tertiary/aromatic N) is 4. The molecular formula is C24H28N4O2. The first-order chi connectivity index (χ1) is 14.4. The summed E-state index contributed by atoms with van der Waals surface area (Å²) in [4.78, 5) is 34.8. The molecule has 0 unspecified atom stereocenters. The lowest BCUT2D eigenvalue weighted by atomic mass is 10.1. The molecule has 1 aliphatic rings. The molecule has 30 heavy (non-hydrogen) atoms. The third kappa shape index (κ3) is 4.00. The Labute approximate surface area is 176 Å². The molecule has 3 aromatic rings. The lowest BCUT2D eigenvalue weighted by molar-refractivity contribution is 0.0664. The van der Waals surface area contributed by atoms with Crippen molar-refractivity contribution in [3.63, 3.8) is 0 Å². The van der Waals surface area contributed by atoms with E-state index in [1.165, 1.54) is 0 Å². The van der Waals surface area contributed by atoms with Gasteiger partial charge < -0.3 is 14.4 Å². The molecule has 0 radical (unpaired) electrons. The largest absolute Gasteiger partial charge is 0.336 e. The highest BCUT2D eigenvalue weighted by Gasteiger charge is 2.21. The van der Waals surface area contributed by atoms with Gasteiger partial charge in [0, 0.05) is 43.9 Å². The van der Waals surface area contributed by atoms with Crippen LogP contribution >= 0.6 is 0 Å². The molecule has 1 aliphatic heterocycles. The number of piperazine rings is 1. The van der Waals surface area contributed by atoms with Gasteiger partial charge in [0.1, 0.15) is 5.69 Å². The number of likely N-dealkylation sites (N-methyl/N-ethyl adjacent to an activating group) is 1. The molecule has 2 heterocycles. The number of carbonyl (C=O) groups excluding carboxylic acids is 1. The van der Waals surface area contributed by atoms with Gasteiger partial charge in [0.25, 0.3) is 11.5 Å². The molecule has 156 valence electrons. The van der Waals surface area contributed by atoms with Gasteiger partial charge in [0.05, 0.1) is 11.0 Å². The highest BCUT2D eigenvalue weighted by atomic mass is 16.2. The van der Waals surface area contributed by atoms with Crippen molar-refractivity contribution in [2.45, 2.75) is 20.4 Å². The van der Waals surface area contributed by atoms with Crippen LogP contribution in [0.3, 0.4) is 0 Å². The van der Waals surface area contributed by atoms with E-state index in [0.29, 0.717) is 23.7 Å². The molecule has 0 spiro atoms. The van der Waals surface area contributed by atoms with Crippen LogP contribution in [0.2, 0.25) is 0 Å². The first-order valence-electron chi connectivity index (χ1n) is 10.5. The molecule has 4 rings (SSSR count). The van der Waals surface area contributed by atoms with Gasteiger partial charge in [-0.1, -0.05) is 38.1 Å². The smallest absolute Gasteiger partial charge is 0.277 e. The highest BCUT2D eigenvalue weighted by Crippen LogP contribution is 2.20. The molecule has 0 N–H and O–H groups in total. The summed E-state index contributed by atoms with van der Waals surface area (Å²) in [6.07, 6.45) is 0. The first kappa shape index (κ1) is 20.3. The predicted octanol–water partition coefficient (Wildman–Crippen LogP) is 3.11. The fourth-order valence-electron chi connectivity index (χ4n) is 3.89. The van der Waals surface area contributed by atoms with E-state index in [9.17, 15) is 9.59 Å². The number of hydrogen-bond acceptors (Lipinski definition) is 4. The Morgan fingerprint density at radius 1 is 1.00 bits per heavy atom. The van der Waals surface area contributed by atoms with Crippen LogP contribution in [-0.2, 0) is 6.54 Å². The summed E-state index contributed by atoms with van der Waals surface area (Å²) >= 11 is 0. The van der Waals surface area contributed by atoms with Gasteiger partial charge in [0.2, 0.25) is 0 Å². The molecule has 0 atom stereocenters. The monoisotopic (exact) mass is 404 g/mol. The summed E-state index contributed by atoms with van der Waals surface area (Å²) in [6.45, 7) is 8.09. The Bertz CT molecular complexity index is 1110. The van der Waals surface area contributed by atoms with Crippen LogP contribution in [0.15, 0.2) is 53.3 Å². The SMILES string of the molecule is CC(C)Cn1c(=O)c(-c2ccc(C(=O)N3CCN(C)CC3)cc2)nc2ccccc21. The lowest BCUT2D eigenvalue weighted by Crippen LogP contribution is -2.47. The van der Waals surface area contributed by atoms with Gasteiger partial charge in [0.15, 0.2) is 0 Å². The molecule has 1 fully saturated rings. The van der Waals surface area contributed by atoms with E-state index in [-0.39, 0.29) is 11.5 Å². The number of hydrogen-bond donors (Lipinski definition) is 0. The van der Waals surface area contributed by atoms with Gasteiger partial charge in [-0.2, -0.15) is 0 Å². The van der Waals surface area contributed by atoms with Crippen LogP contribution in [0.25, 0.3) is 22.3 Å². The number of benzene rings is 2. The molecule has 0 saturated carbocycles. The highest BCUT2D eigenvalue weighted by molar-refractivity contribution is 5.94. The van der Waals surface area contributed by atoms with E-state index in [1.807, 2.05) is 45.9 Å². The molecule has 0 aliphatic carbocycles. The zero-order chi connectivity index (χ0) is 21.3. The molecule has 6 nitrogen and oxygen atoms in total. The van der Waals surface area contributed by atoms with Gasteiger partial charge >= 0.3 is 0 Å². The number of aromatic nitrogens is 2. The second-order valence-electron chi connectivity index (χ2n) is 8.43. The van der Waals surface area contributed by atoms with Crippen LogP contribution in [0.4, 0.5) is 0 Å². The molecule has 6 heteroatoms. The third-order valence-corrected chi connectivity index (χ3v) is 5.60. The second-order valence-corrected chi connectivity index (χ2v) is 8.43. The minimum atomic E-state index is -0.0967. The zero-order valence-corrected chi connectivity index (χ0v) is 17.8. The number of para-hydroxylation sites is 2. The van der Waals surface area contributed by atoms with E-state index in [4.69, 9.17) is 0 Å². The van der Waals surface area contributed by atoms with Gasteiger partial charge in [-0.25, -0.2) is 4.98 Å². The molecule has 0 bridgehead atoms. The maximum absolute atomic E-state index is 13.2. The molecule has 1 amide bonds. The van der Waals surface area contributed by atoms with E-state index in [0.717, 1.165) is 42.8 Å². The van der Waals surface area contributed by atoms with E-state index < -0.39 is 0 Å². The van der Waals surface area contributed by atoms with Crippen molar-refractivity contribution in [3.05, 3.63) is 64.4 Å². The maximum atomic E-state index is 13.2. The summed E-state index contributed by atoms with van der Waals surface area (Å²) in [5.41, 5.74) is 3.35. The Morgan fingerprint density at radius 3 is 2.33 bits per heavy atom. The maximum Gasteiger partial charge on any atom is 0.277 e. The average molecular weight is 405 g/mol. The van der Waals surface area contributed by atoms with Gasteiger partial charge in [-0.15, -0.1) is 0 Å². The fourth-order valence-corrected chi connectivity index (χ4v) is 3.89. The third-order valence-electron chi connectivity index (χ3n) is 5.60. The zero-order valence-electron chi connectivity index (χ0n) is 17.8. The van der Waals surface area contributed by atoms with Crippen molar-refractivity contribution < 1.29 is 4.79 Å². The van der Waals surface area contributed by atoms with Crippen LogP contribution in [0.5, 0.6) is 0 Å². The number of fused-ring (bicyclic) bond motifs is 1. The molecule has 1 aromatic heterocycles. The van der Waals surface area contributed by atoms with Crippen LogP contribution in [-0.4, -0.2) is 58.5 Å². The Balaban J connectivity index is 1.68. The topological polar surface area (TPSA) is 58.4 Å². The van der Waals surface area contributed by atoms with Crippen molar-refractivity contribution >= 4 is 16.9 Å². The predicted molar refractivity (Wildman–Crippen MR) is 120 cm³/mol. The summed E-state index contributed by atoms with van der Waals surface area (Å²) in [7, 11) is 2.07. The lowest BCUT2D eigenvalue weighted by Gasteiger charge is -2.32. The van der Waals surface area contributed by atoms with E-state index >= 15 is 0 Å². The number of amides is 1. The van der Waals surface area contributed by atoms with Crippen molar-refractivity contribution in [2.24, 2.45) is 5.92 Å². The van der Waals surface area contributed by atoms with Gasteiger partial charge in [-0.05, 0) is 37.2 Å². The van der Waals surface area contributed by atoms with Crippen molar-refractivity contribution in [1.82, 2.24) is 19.4 Å². The molecular weight excluding hydrogens is 376 g/mol. The minimum Gasteiger partial charge on any atom is -0.336 e. The summed E-state index contributed by atoms with van der Waals surface area (Å²) in [6, 6.07) is 15.0. The molecule has 2 aromatic carbocycles. The number of carbonyl (C=O) groups is 1. The van der Waals surface area contributed by atoms with Crippen LogP contribution < -0.4 is 5.56 Å². The quantitative estimate of drug-likeness (QED) is 0.671.